The molecule has 2 N–H and O–H groups in total. The van der Waals surface area contributed by atoms with Crippen molar-refractivity contribution in [2.45, 2.75) is 58.0 Å². The summed E-state index contributed by atoms with van der Waals surface area (Å²) in [4.78, 5) is 0. The highest BCUT2D eigenvalue weighted by Crippen LogP contribution is 2.57. The van der Waals surface area contributed by atoms with Crippen molar-refractivity contribution < 1.29 is 10.2 Å². The van der Waals surface area contributed by atoms with Crippen molar-refractivity contribution in [2.24, 2.45) is 17.3 Å². The van der Waals surface area contributed by atoms with E-state index in [1.165, 1.54) is 6.42 Å². The molecule has 0 saturated heterocycles. The molecule has 2 rings (SSSR count). The van der Waals surface area contributed by atoms with E-state index in [1.54, 1.807) is 0 Å². The van der Waals surface area contributed by atoms with Crippen LogP contribution in [-0.2, 0) is 0 Å². The van der Waals surface area contributed by atoms with Crippen LogP contribution in [0.15, 0.2) is 12.2 Å². The van der Waals surface area contributed by atoms with Gasteiger partial charge in [-0.25, -0.2) is 0 Å². The Bertz CT molecular complexity index is 312. The molecule has 0 aromatic carbocycles. The van der Waals surface area contributed by atoms with E-state index in [2.05, 4.69) is 20.4 Å². The van der Waals surface area contributed by atoms with Crippen LogP contribution in [0.3, 0.4) is 0 Å². The van der Waals surface area contributed by atoms with E-state index in [1.807, 2.05) is 0 Å². The molecule has 2 heteroatoms. The number of hydrogen-bond donors (Lipinski definition) is 2. The lowest BCUT2D eigenvalue weighted by Crippen LogP contribution is -2.56. The summed E-state index contributed by atoms with van der Waals surface area (Å²) in [5.74, 6) is 0.960. The van der Waals surface area contributed by atoms with Gasteiger partial charge in [0.25, 0.3) is 0 Å². The minimum absolute atomic E-state index is 0.00623. The number of aliphatic hydroxyl groups is 2. The molecule has 4 atom stereocenters. The Morgan fingerprint density at radius 3 is 2.71 bits per heavy atom. The predicted octanol–water partition coefficient (Wildman–Crippen LogP) is 2.89. The van der Waals surface area contributed by atoms with Gasteiger partial charge in [-0.1, -0.05) is 26.8 Å². The van der Waals surface area contributed by atoms with E-state index in [0.29, 0.717) is 11.8 Å². The zero-order chi connectivity index (χ0) is 12.7. The molecule has 0 bridgehead atoms. The van der Waals surface area contributed by atoms with Gasteiger partial charge in [0.05, 0.1) is 12.2 Å². The van der Waals surface area contributed by atoms with Crippen molar-refractivity contribution in [3.8, 4) is 0 Å². The fourth-order valence-electron chi connectivity index (χ4n) is 4.07. The average molecular weight is 238 g/mol. The summed E-state index contributed by atoms with van der Waals surface area (Å²) in [5.41, 5.74) is 0.481. The van der Waals surface area contributed by atoms with Crippen LogP contribution >= 0.6 is 0 Å². The standard InChI is InChI=1S/C15H26O2/c1-11(10-16)13-6-8-15(17)7-4-5-12(2)14(15,3)9-13/h12-13,16-17H,1,4-10H2,2-3H3. The Kier molecular flexibility index (Phi) is 3.39. The molecule has 0 radical (unpaired) electrons. The molecular weight excluding hydrogens is 212 g/mol. The first kappa shape index (κ1) is 13.1. The fraction of sp³-hybridized carbons (Fsp3) is 0.867. The van der Waals surface area contributed by atoms with Gasteiger partial charge in [0, 0.05) is 0 Å². The van der Waals surface area contributed by atoms with Crippen molar-refractivity contribution >= 4 is 0 Å². The third-order valence-corrected chi connectivity index (χ3v) is 5.74. The Morgan fingerprint density at radius 2 is 2.06 bits per heavy atom. The maximum absolute atomic E-state index is 10.9. The van der Waals surface area contributed by atoms with E-state index in [9.17, 15) is 10.2 Å². The molecule has 2 nitrogen and oxygen atoms in total. The van der Waals surface area contributed by atoms with Gasteiger partial charge in [-0.3, -0.25) is 0 Å². The molecule has 0 aliphatic heterocycles. The molecule has 0 aromatic heterocycles. The topological polar surface area (TPSA) is 40.5 Å². The lowest BCUT2D eigenvalue weighted by Gasteiger charge is -2.57. The number of rotatable bonds is 2. The van der Waals surface area contributed by atoms with Crippen molar-refractivity contribution in [2.75, 3.05) is 6.61 Å². The summed E-state index contributed by atoms with van der Waals surface area (Å²) in [6.07, 6.45) is 6.17. The SMILES string of the molecule is C=C(CO)C1CCC2(O)CCCC(C)C2(C)C1. The van der Waals surface area contributed by atoms with E-state index in [0.717, 1.165) is 37.7 Å². The normalized spacial score (nSPS) is 46.4. The van der Waals surface area contributed by atoms with Crippen LogP contribution in [0.5, 0.6) is 0 Å². The molecule has 2 aliphatic carbocycles. The van der Waals surface area contributed by atoms with Crippen LogP contribution in [0, 0.1) is 17.3 Å². The number of aliphatic hydroxyl groups excluding tert-OH is 1. The van der Waals surface area contributed by atoms with Crippen LogP contribution in [0.1, 0.15) is 52.4 Å². The Labute approximate surface area is 105 Å². The minimum atomic E-state index is -0.475. The summed E-state index contributed by atoms with van der Waals surface area (Å²) in [6.45, 7) is 8.59. The molecular formula is C15H26O2. The molecule has 2 aliphatic rings. The highest BCUT2D eigenvalue weighted by atomic mass is 16.3. The quantitative estimate of drug-likeness (QED) is 0.726. The smallest absolute Gasteiger partial charge is 0.0704 e. The third-order valence-electron chi connectivity index (χ3n) is 5.74. The van der Waals surface area contributed by atoms with E-state index < -0.39 is 5.60 Å². The van der Waals surface area contributed by atoms with E-state index in [-0.39, 0.29) is 12.0 Å². The summed E-state index contributed by atoms with van der Waals surface area (Å²) >= 11 is 0. The van der Waals surface area contributed by atoms with E-state index >= 15 is 0 Å². The molecule has 0 heterocycles. The summed E-state index contributed by atoms with van der Waals surface area (Å²) in [5, 5.41) is 20.1. The van der Waals surface area contributed by atoms with Crippen molar-refractivity contribution in [1.29, 1.82) is 0 Å². The van der Waals surface area contributed by atoms with Crippen LogP contribution in [0.2, 0.25) is 0 Å². The van der Waals surface area contributed by atoms with Gasteiger partial charge in [0.2, 0.25) is 0 Å². The second-order valence-electron chi connectivity index (χ2n) is 6.50. The summed E-state index contributed by atoms with van der Waals surface area (Å²) in [7, 11) is 0. The molecule has 0 spiro atoms. The molecule has 0 amide bonds. The highest BCUT2D eigenvalue weighted by Gasteiger charge is 2.55. The maximum atomic E-state index is 10.9. The van der Waals surface area contributed by atoms with Crippen LogP contribution < -0.4 is 0 Å². The lowest BCUT2D eigenvalue weighted by atomic mass is 9.51. The fourth-order valence-corrected chi connectivity index (χ4v) is 4.07. The molecule has 4 unspecified atom stereocenters. The molecule has 2 saturated carbocycles. The van der Waals surface area contributed by atoms with Gasteiger partial charge >= 0.3 is 0 Å². The van der Waals surface area contributed by atoms with E-state index in [4.69, 9.17) is 0 Å². The Balaban J connectivity index is 2.22. The lowest BCUT2D eigenvalue weighted by molar-refractivity contribution is -0.165. The Hall–Kier alpha value is -0.340. The highest BCUT2D eigenvalue weighted by molar-refractivity contribution is 5.12. The second-order valence-corrected chi connectivity index (χ2v) is 6.50. The molecule has 2 fully saturated rings. The first-order chi connectivity index (χ1) is 7.93. The third kappa shape index (κ3) is 1.96. The van der Waals surface area contributed by atoms with Crippen LogP contribution in [-0.4, -0.2) is 22.4 Å². The number of fused-ring (bicyclic) bond motifs is 1. The van der Waals surface area contributed by atoms with Crippen molar-refractivity contribution in [3.63, 3.8) is 0 Å². The zero-order valence-corrected chi connectivity index (χ0v) is 11.2. The zero-order valence-electron chi connectivity index (χ0n) is 11.2. The largest absolute Gasteiger partial charge is 0.392 e. The van der Waals surface area contributed by atoms with Crippen LogP contribution in [0.4, 0.5) is 0 Å². The van der Waals surface area contributed by atoms with Crippen molar-refractivity contribution in [1.82, 2.24) is 0 Å². The predicted molar refractivity (Wildman–Crippen MR) is 69.6 cm³/mol. The minimum Gasteiger partial charge on any atom is -0.392 e. The Morgan fingerprint density at radius 1 is 1.35 bits per heavy atom. The monoisotopic (exact) mass is 238 g/mol. The first-order valence-electron chi connectivity index (χ1n) is 6.94. The average Bonchev–Trinajstić information content (AvgIpc) is 2.30. The van der Waals surface area contributed by atoms with Crippen LogP contribution in [0.25, 0.3) is 0 Å². The second kappa shape index (κ2) is 4.40. The summed E-state index contributed by atoms with van der Waals surface area (Å²) < 4.78 is 0. The molecule has 0 aromatic rings. The van der Waals surface area contributed by atoms with Crippen molar-refractivity contribution in [3.05, 3.63) is 12.2 Å². The van der Waals surface area contributed by atoms with Gasteiger partial charge in [0.15, 0.2) is 0 Å². The first-order valence-corrected chi connectivity index (χ1v) is 6.94. The molecule has 98 valence electrons. The summed E-state index contributed by atoms with van der Waals surface area (Å²) in [6, 6.07) is 0. The number of hydrogen-bond acceptors (Lipinski definition) is 2. The van der Waals surface area contributed by atoms with Gasteiger partial charge in [-0.2, -0.15) is 0 Å². The van der Waals surface area contributed by atoms with Gasteiger partial charge in [0.1, 0.15) is 0 Å². The molecule has 17 heavy (non-hydrogen) atoms. The van der Waals surface area contributed by atoms with Gasteiger partial charge in [-0.05, 0) is 54.9 Å². The van der Waals surface area contributed by atoms with Gasteiger partial charge < -0.3 is 10.2 Å². The maximum Gasteiger partial charge on any atom is 0.0704 e. The van der Waals surface area contributed by atoms with Gasteiger partial charge in [-0.15, -0.1) is 0 Å².